The quantitative estimate of drug-likeness (QED) is 0.779. The SMILES string of the molecule is N[C@H](CCC(F)(F)F)c1cccc(F)c1. The molecule has 2 N–H and O–H groups in total. The molecule has 0 saturated carbocycles. The van der Waals surface area contributed by atoms with E-state index >= 15 is 0 Å². The number of rotatable bonds is 3. The van der Waals surface area contributed by atoms with Crippen molar-refractivity contribution in [3.8, 4) is 0 Å². The van der Waals surface area contributed by atoms with E-state index in [2.05, 4.69) is 0 Å². The molecule has 0 fully saturated rings. The van der Waals surface area contributed by atoms with Gasteiger partial charge in [-0.2, -0.15) is 13.2 Å². The predicted molar refractivity (Wildman–Crippen MR) is 48.6 cm³/mol. The molecule has 0 amide bonds. The average Bonchev–Trinajstić information content (AvgIpc) is 2.13. The van der Waals surface area contributed by atoms with Gasteiger partial charge in [0.15, 0.2) is 0 Å². The van der Waals surface area contributed by atoms with E-state index in [1.807, 2.05) is 0 Å². The van der Waals surface area contributed by atoms with Gasteiger partial charge in [0.25, 0.3) is 0 Å². The molecule has 1 aromatic carbocycles. The van der Waals surface area contributed by atoms with Crippen LogP contribution in [0.5, 0.6) is 0 Å². The minimum Gasteiger partial charge on any atom is -0.324 e. The van der Waals surface area contributed by atoms with Crippen molar-refractivity contribution in [1.29, 1.82) is 0 Å². The van der Waals surface area contributed by atoms with Crippen LogP contribution in [0.2, 0.25) is 0 Å². The number of alkyl halides is 3. The molecule has 0 aliphatic heterocycles. The minimum absolute atomic E-state index is 0.229. The van der Waals surface area contributed by atoms with Gasteiger partial charge >= 0.3 is 6.18 Å². The number of hydrogen-bond donors (Lipinski definition) is 1. The van der Waals surface area contributed by atoms with E-state index in [0.29, 0.717) is 5.56 Å². The van der Waals surface area contributed by atoms with Crippen molar-refractivity contribution in [3.63, 3.8) is 0 Å². The molecular formula is C10H11F4N. The van der Waals surface area contributed by atoms with Crippen LogP contribution in [-0.2, 0) is 0 Å². The molecule has 0 saturated heterocycles. The Hall–Kier alpha value is -1.10. The largest absolute Gasteiger partial charge is 0.389 e. The summed E-state index contributed by atoms with van der Waals surface area (Å²) in [5.41, 5.74) is 5.89. The van der Waals surface area contributed by atoms with E-state index in [1.54, 1.807) is 0 Å². The first kappa shape index (κ1) is 12.0. The number of benzene rings is 1. The normalized spacial score (nSPS) is 13.9. The van der Waals surface area contributed by atoms with Crippen LogP contribution in [0.4, 0.5) is 17.6 Å². The lowest BCUT2D eigenvalue weighted by Gasteiger charge is -2.13. The smallest absolute Gasteiger partial charge is 0.324 e. The lowest BCUT2D eigenvalue weighted by atomic mass is 10.0. The van der Waals surface area contributed by atoms with Gasteiger partial charge in [0, 0.05) is 12.5 Å². The lowest BCUT2D eigenvalue weighted by Crippen LogP contribution is -2.15. The lowest BCUT2D eigenvalue weighted by molar-refractivity contribution is -0.136. The maximum absolute atomic E-state index is 12.7. The Labute approximate surface area is 84.9 Å². The second-order valence-electron chi connectivity index (χ2n) is 3.32. The second-order valence-corrected chi connectivity index (χ2v) is 3.32. The standard InChI is InChI=1S/C10H11F4N/c11-8-3-1-2-7(6-8)9(15)4-5-10(12,13)14/h1-3,6,9H,4-5,15H2/t9-/m1/s1. The van der Waals surface area contributed by atoms with Gasteiger partial charge in [0.2, 0.25) is 0 Å². The van der Waals surface area contributed by atoms with Crippen molar-refractivity contribution < 1.29 is 17.6 Å². The van der Waals surface area contributed by atoms with Crippen LogP contribution >= 0.6 is 0 Å². The summed E-state index contributed by atoms with van der Waals surface area (Å²) < 4.78 is 48.4. The molecule has 1 nitrogen and oxygen atoms in total. The zero-order valence-electron chi connectivity index (χ0n) is 7.89. The van der Waals surface area contributed by atoms with Gasteiger partial charge in [-0.15, -0.1) is 0 Å². The van der Waals surface area contributed by atoms with Crippen molar-refractivity contribution in [2.45, 2.75) is 25.1 Å². The maximum Gasteiger partial charge on any atom is 0.389 e. The predicted octanol–water partition coefficient (Wildman–Crippen LogP) is 3.17. The molecule has 0 radical (unpaired) electrons. The Morgan fingerprint density at radius 1 is 1.27 bits per heavy atom. The first-order valence-electron chi connectivity index (χ1n) is 4.46. The summed E-state index contributed by atoms with van der Waals surface area (Å²) >= 11 is 0. The number of hydrogen-bond acceptors (Lipinski definition) is 1. The van der Waals surface area contributed by atoms with E-state index in [9.17, 15) is 17.6 Å². The van der Waals surface area contributed by atoms with Crippen molar-refractivity contribution in [3.05, 3.63) is 35.6 Å². The fourth-order valence-corrected chi connectivity index (χ4v) is 1.22. The fraction of sp³-hybridized carbons (Fsp3) is 0.400. The molecule has 1 atom stereocenters. The molecule has 0 aromatic heterocycles. The highest BCUT2D eigenvalue weighted by Gasteiger charge is 2.27. The Kier molecular flexibility index (Phi) is 3.68. The summed E-state index contributed by atoms with van der Waals surface area (Å²) in [6, 6.07) is 4.55. The van der Waals surface area contributed by atoms with Crippen LogP contribution in [0.3, 0.4) is 0 Å². The van der Waals surface area contributed by atoms with E-state index in [4.69, 9.17) is 5.73 Å². The Balaban J connectivity index is 2.58. The summed E-state index contributed by atoms with van der Waals surface area (Å²) in [4.78, 5) is 0. The maximum atomic E-state index is 12.7. The molecule has 15 heavy (non-hydrogen) atoms. The van der Waals surface area contributed by atoms with E-state index in [-0.39, 0.29) is 6.42 Å². The summed E-state index contributed by atoms with van der Waals surface area (Å²) in [5.74, 6) is -0.491. The van der Waals surface area contributed by atoms with E-state index in [0.717, 1.165) is 6.07 Å². The molecule has 0 unspecified atom stereocenters. The highest BCUT2D eigenvalue weighted by atomic mass is 19.4. The van der Waals surface area contributed by atoms with Crippen molar-refractivity contribution >= 4 is 0 Å². The zero-order chi connectivity index (χ0) is 11.5. The molecule has 0 spiro atoms. The van der Waals surface area contributed by atoms with E-state index < -0.39 is 24.5 Å². The summed E-state index contributed by atoms with van der Waals surface area (Å²) in [6.45, 7) is 0. The third kappa shape index (κ3) is 4.29. The molecule has 5 heteroatoms. The van der Waals surface area contributed by atoms with E-state index in [1.165, 1.54) is 18.2 Å². The van der Waals surface area contributed by atoms with Crippen LogP contribution < -0.4 is 5.73 Å². The van der Waals surface area contributed by atoms with Crippen molar-refractivity contribution in [1.82, 2.24) is 0 Å². The van der Waals surface area contributed by atoms with Gasteiger partial charge < -0.3 is 5.73 Å². The second kappa shape index (κ2) is 4.61. The Bertz CT molecular complexity index is 321. The summed E-state index contributed by atoms with van der Waals surface area (Å²) in [6.07, 6.45) is -5.40. The minimum atomic E-state index is -4.22. The van der Waals surface area contributed by atoms with Gasteiger partial charge in [-0.05, 0) is 24.1 Å². The molecule has 0 bridgehead atoms. The number of halogens is 4. The van der Waals surface area contributed by atoms with Gasteiger partial charge in [-0.1, -0.05) is 12.1 Å². The number of nitrogens with two attached hydrogens (primary N) is 1. The highest BCUT2D eigenvalue weighted by Crippen LogP contribution is 2.26. The fourth-order valence-electron chi connectivity index (χ4n) is 1.22. The molecule has 84 valence electrons. The van der Waals surface area contributed by atoms with Crippen LogP contribution in [0, 0.1) is 5.82 Å². The summed E-state index contributed by atoms with van der Waals surface area (Å²) in [7, 11) is 0. The first-order valence-corrected chi connectivity index (χ1v) is 4.46. The topological polar surface area (TPSA) is 26.0 Å². The van der Waals surface area contributed by atoms with Crippen LogP contribution in [0.15, 0.2) is 24.3 Å². The van der Waals surface area contributed by atoms with Gasteiger partial charge in [-0.25, -0.2) is 4.39 Å². The Morgan fingerprint density at radius 3 is 2.47 bits per heavy atom. The van der Waals surface area contributed by atoms with Gasteiger partial charge in [0.05, 0.1) is 0 Å². The molecule has 1 rings (SSSR count). The van der Waals surface area contributed by atoms with Crippen LogP contribution in [0.25, 0.3) is 0 Å². The third-order valence-electron chi connectivity index (χ3n) is 2.02. The molecule has 1 aromatic rings. The Morgan fingerprint density at radius 2 is 1.93 bits per heavy atom. The highest BCUT2D eigenvalue weighted by molar-refractivity contribution is 5.19. The molecule has 0 aliphatic carbocycles. The molecular weight excluding hydrogens is 210 g/mol. The van der Waals surface area contributed by atoms with Gasteiger partial charge in [0.1, 0.15) is 5.82 Å². The zero-order valence-corrected chi connectivity index (χ0v) is 7.89. The first-order chi connectivity index (χ1) is 6.88. The monoisotopic (exact) mass is 221 g/mol. The molecule has 0 heterocycles. The van der Waals surface area contributed by atoms with Crippen LogP contribution in [-0.4, -0.2) is 6.18 Å². The average molecular weight is 221 g/mol. The van der Waals surface area contributed by atoms with Gasteiger partial charge in [-0.3, -0.25) is 0 Å². The van der Waals surface area contributed by atoms with Crippen LogP contribution in [0.1, 0.15) is 24.4 Å². The summed E-state index contributed by atoms with van der Waals surface area (Å²) in [5, 5.41) is 0. The van der Waals surface area contributed by atoms with Crippen molar-refractivity contribution in [2.75, 3.05) is 0 Å². The van der Waals surface area contributed by atoms with Crippen molar-refractivity contribution in [2.24, 2.45) is 5.73 Å². The molecule has 0 aliphatic rings. The third-order valence-corrected chi connectivity index (χ3v) is 2.02.